The molecule has 0 saturated heterocycles. The summed E-state index contributed by atoms with van der Waals surface area (Å²) >= 11 is 3.31. The number of nitrogens with one attached hydrogen (secondary N) is 1. The minimum Gasteiger partial charge on any atom is -0.398 e. The van der Waals surface area contributed by atoms with Crippen molar-refractivity contribution in [1.82, 2.24) is 10.2 Å². The maximum absolute atomic E-state index is 12.2. The number of hydrogen-bond acceptors (Lipinski definition) is 3. The Kier molecular flexibility index (Phi) is 5.56. The molecule has 5 nitrogen and oxygen atoms in total. The van der Waals surface area contributed by atoms with Crippen molar-refractivity contribution >= 4 is 33.4 Å². The summed E-state index contributed by atoms with van der Waals surface area (Å²) in [6, 6.07) is 2.86. The van der Waals surface area contributed by atoms with Gasteiger partial charge in [-0.1, -0.05) is 15.9 Å². The lowest BCUT2D eigenvalue weighted by atomic mass is 10.1. The summed E-state index contributed by atoms with van der Waals surface area (Å²) in [5.74, 6) is -0.428. The van der Waals surface area contributed by atoms with Crippen molar-refractivity contribution < 1.29 is 9.59 Å². The van der Waals surface area contributed by atoms with Gasteiger partial charge in [-0.05, 0) is 38.5 Å². The third-order valence-electron chi connectivity index (χ3n) is 3.23. The molecule has 0 saturated carbocycles. The van der Waals surface area contributed by atoms with E-state index in [0.29, 0.717) is 23.4 Å². The van der Waals surface area contributed by atoms with Crippen molar-refractivity contribution in [2.75, 3.05) is 19.3 Å². The maximum atomic E-state index is 12.2. The summed E-state index contributed by atoms with van der Waals surface area (Å²) < 4.78 is 0.732. The monoisotopic (exact) mass is 341 g/mol. The highest BCUT2D eigenvalue weighted by atomic mass is 79.9. The van der Waals surface area contributed by atoms with Crippen molar-refractivity contribution in [1.29, 1.82) is 0 Å². The summed E-state index contributed by atoms with van der Waals surface area (Å²) in [5.41, 5.74) is 7.54. The first-order chi connectivity index (χ1) is 9.27. The van der Waals surface area contributed by atoms with Gasteiger partial charge in [-0.15, -0.1) is 0 Å². The van der Waals surface area contributed by atoms with E-state index in [4.69, 9.17) is 5.73 Å². The van der Waals surface area contributed by atoms with Gasteiger partial charge in [-0.2, -0.15) is 0 Å². The molecule has 110 valence electrons. The number of rotatable bonds is 4. The smallest absolute Gasteiger partial charge is 0.252 e. The first kappa shape index (κ1) is 16.5. The molecule has 1 aromatic carbocycles. The van der Waals surface area contributed by atoms with E-state index in [2.05, 4.69) is 21.2 Å². The Balaban J connectivity index is 2.90. The number of nitrogen functional groups attached to an aromatic ring is 1. The van der Waals surface area contributed by atoms with Crippen molar-refractivity contribution in [2.45, 2.75) is 26.8 Å². The van der Waals surface area contributed by atoms with Crippen LogP contribution in [0.15, 0.2) is 16.6 Å². The van der Waals surface area contributed by atoms with Crippen molar-refractivity contribution in [3.05, 3.63) is 27.7 Å². The number of likely N-dealkylation sites (N-methyl/N-ethyl adjacent to an activating group) is 1. The van der Waals surface area contributed by atoms with Crippen LogP contribution in [-0.4, -0.2) is 36.3 Å². The van der Waals surface area contributed by atoms with E-state index in [1.54, 1.807) is 37.9 Å². The molecule has 0 aliphatic rings. The van der Waals surface area contributed by atoms with Crippen LogP contribution in [0.2, 0.25) is 0 Å². The Morgan fingerprint density at radius 2 is 2.05 bits per heavy atom. The van der Waals surface area contributed by atoms with Gasteiger partial charge in [0.05, 0.1) is 0 Å². The van der Waals surface area contributed by atoms with Gasteiger partial charge in [0.1, 0.15) is 6.04 Å². The van der Waals surface area contributed by atoms with Crippen LogP contribution in [0.4, 0.5) is 5.69 Å². The van der Waals surface area contributed by atoms with E-state index in [0.717, 1.165) is 4.47 Å². The fourth-order valence-electron chi connectivity index (χ4n) is 1.76. The van der Waals surface area contributed by atoms with Crippen LogP contribution >= 0.6 is 15.9 Å². The van der Waals surface area contributed by atoms with Gasteiger partial charge >= 0.3 is 0 Å². The number of anilines is 1. The van der Waals surface area contributed by atoms with Gasteiger partial charge in [0.15, 0.2) is 0 Å². The topological polar surface area (TPSA) is 75.4 Å². The Morgan fingerprint density at radius 3 is 2.60 bits per heavy atom. The second-order valence-electron chi connectivity index (χ2n) is 4.72. The molecule has 2 amide bonds. The molecule has 0 bridgehead atoms. The van der Waals surface area contributed by atoms with Gasteiger partial charge in [0, 0.05) is 29.3 Å². The third kappa shape index (κ3) is 3.72. The molecule has 0 radical (unpaired) electrons. The zero-order chi connectivity index (χ0) is 15.4. The second-order valence-corrected chi connectivity index (χ2v) is 5.63. The molecule has 1 rings (SSSR count). The summed E-state index contributed by atoms with van der Waals surface area (Å²) in [6.07, 6.45) is 0. The fraction of sp³-hybridized carbons (Fsp3) is 0.429. The highest BCUT2D eigenvalue weighted by Gasteiger charge is 2.20. The molecule has 0 fully saturated rings. The number of carbonyl (C=O) groups is 2. The third-order valence-corrected chi connectivity index (χ3v) is 3.68. The number of nitrogens with two attached hydrogens (primary N) is 1. The molecule has 6 heteroatoms. The molecule has 3 N–H and O–H groups in total. The molecule has 20 heavy (non-hydrogen) atoms. The highest BCUT2D eigenvalue weighted by molar-refractivity contribution is 9.10. The highest BCUT2D eigenvalue weighted by Crippen LogP contribution is 2.22. The average molecular weight is 342 g/mol. The van der Waals surface area contributed by atoms with Crippen LogP contribution < -0.4 is 11.1 Å². The molecule has 0 heterocycles. The lowest BCUT2D eigenvalue weighted by molar-refractivity contribution is -0.131. The van der Waals surface area contributed by atoms with Gasteiger partial charge in [0.25, 0.3) is 5.91 Å². The first-order valence-electron chi connectivity index (χ1n) is 6.39. The lowest BCUT2D eigenvalue weighted by Gasteiger charge is -2.21. The van der Waals surface area contributed by atoms with E-state index in [1.807, 2.05) is 6.92 Å². The zero-order valence-corrected chi connectivity index (χ0v) is 13.7. The Labute approximate surface area is 127 Å². The van der Waals surface area contributed by atoms with Crippen LogP contribution in [0.3, 0.4) is 0 Å². The summed E-state index contributed by atoms with van der Waals surface area (Å²) in [4.78, 5) is 25.7. The number of amides is 2. The van der Waals surface area contributed by atoms with E-state index >= 15 is 0 Å². The number of nitrogens with zero attached hydrogens (tertiary/aromatic N) is 1. The quantitative estimate of drug-likeness (QED) is 0.821. The Hall–Kier alpha value is -1.56. The van der Waals surface area contributed by atoms with Gasteiger partial charge in [-0.3, -0.25) is 9.59 Å². The predicted octanol–water partition coefficient (Wildman–Crippen LogP) is 1.94. The van der Waals surface area contributed by atoms with Crippen LogP contribution in [0.25, 0.3) is 0 Å². The summed E-state index contributed by atoms with van der Waals surface area (Å²) in [7, 11) is 1.70. The van der Waals surface area contributed by atoms with Crippen LogP contribution in [0.1, 0.15) is 29.8 Å². The first-order valence-corrected chi connectivity index (χ1v) is 7.18. The second kappa shape index (κ2) is 6.74. The SMILES string of the molecule is CCN(C)C(=O)C(C)NC(=O)c1cc(Br)cc(N)c1C. The van der Waals surface area contributed by atoms with Crippen LogP contribution in [-0.2, 0) is 4.79 Å². The molecule has 1 atom stereocenters. The number of halogens is 1. The number of benzene rings is 1. The van der Waals surface area contributed by atoms with Gasteiger partial charge < -0.3 is 16.0 Å². The Bertz CT molecular complexity index is 531. The van der Waals surface area contributed by atoms with Crippen LogP contribution in [0, 0.1) is 6.92 Å². The van der Waals surface area contributed by atoms with Gasteiger partial charge in [-0.25, -0.2) is 0 Å². The predicted molar refractivity (Wildman–Crippen MR) is 83.5 cm³/mol. The summed E-state index contributed by atoms with van der Waals surface area (Å²) in [6.45, 7) is 5.93. The Morgan fingerprint density at radius 1 is 1.45 bits per heavy atom. The van der Waals surface area contributed by atoms with E-state index in [1.165, 1.54) is 0 Å². The molecule has 1 unspecified atom stereocenters. The minimum atomic E-state index is -0.577. The average Bonchev–Trinajstić information content (AvgIpc) is 2.40. The molecule has 1 aromatic rings. The standard InChI is InChI=1S/C14H20BrN3O2/c1-5-18(4)14(20)9(3)17-13(19)11-6-10(15)7-12(16)8(11)2/h6-7,9H,5,16H2,1-4H3,(H,17,19). The molecule has 0 aromatic heterocycles. The molecule has 0 spiro atoms. The lowest BCUT2D eigenvalue weighted by Crippen LogP contribution is -2.45. The maximum Gasteiger partial charge on any atom is 0.252 e. The molecular weight excluding hydrogens is 322 g/mol. The van der Waals surface area contributed by atoms with Crippen LogP contribution in [0.5, 0.6) is 0 Å². The van der Waals surface area contributed by atoms with Crippen molar-refractivity contribution in [3.63, 3.8) is 0 Å². The minimum absolute atomic E-state index is 0.124. The van der Waals surface area contributed by atoms with Crippen molar-refractivity contribution in [2.24, 2.45) is 0 Å². The van der Waals surface area contributed by atoms with E-state index < -0.39 is 6.04 Å². The molecule has 0 aliphatic heterocycles. The largest absolute Gasteiger partial charge is 0.398 e. The number of hydrogen-bond donors (Lipinski definition) is 2. The van der Waals surface area contributed by atoms with Gasteiger partial charge in [0.2, 0.25) is 5.91 Å². The summed E-state index contributed by atoms with van der Waals surface area (Å²) in [5, 5.41) is 2.70. The fourth-order valence-corrected chi connectivity index (χ4v) is 2.23. The molecule has 0 aliphatic carbocycles. The zero-order valence-electron chi connectivity index (χ0n) is 12.2. The van der Waals surface area contributed by atoms with E-state index in [9.17, 15) is 9.59 Å². The molecular formula is C14H20BrN3O2. The van der Waals surface area contributed by atoms with Crippen molar-refractivity contribution in [3.8, 4) is 0 Å². The normalized spacial score (nSPS) is 11.8. The van der Waals surface area contributed by atoms with E-state index in [-0.39, 0.29) is 11.8 Å². The number of carbonyl (C=O) groups excluding carboxylic acids is 2.